The van der Waals surface area contributed by atoms with Gasteiger partial charge in [-0.15, -0.1) is 0 Å². The molecule has 86 valence electrons. The molecule has 0 aliphatic rings. The molecule has 0 spiro atoms. The van der Waals surface area contributed by atoms with Gasteiger partial charge in [0.15, 0.2) is 0 Å². The fraction of sp³-hybridized carbons (Fsp3) is 0. The molecule has 2 aromatic rings. The van der Waals surface area contributed by atoms with E-state index in [0.29, 0.717) is 5.69 Å². The van der Waals surface area contributed by atoms with Gasteiger partial charge in [-0.3, -0.25) is 4.79 Å². The molecule has 0 aliphatic carbocycles. The maximum absolute atomic E-state index is 11.0. The first-order valence-electron chi connectivity index (χ1n) is 4.81. The summed E-state index contributed by atoms with van der Waals surface area (Å²) in [6.45, 7) is 0. The van der Waals surface area contributed by atoms with Gasteiger partial charge < -0.3 is 5.73 Å². The molecule has 2 rings (SSSR count). The number of amides is 1. The summed E-state index contributed by atoms with van der Waals surface area (Å²) in [5, 5.41) is 0.116. The summed E-state index contributed by atoms with van der Waals surface area (Å²) in [6, 6.07) is 10.9. The summed E-state index contributed by atoms with van der Waals surface area (Å²) in [5.74, 6) is -0.582. The fourth-order valence-corrected chi connectivity index (χ4v) is 2.17. The molecule has 0 radical (unpaired) electrons. The first-order valence-corrected chi connectivity index (χ1v) is 5.98. The van der Waals surface area contributed by atoms with Crippen molar-refractivity contribution in [2.45, 2.75) is 0 Å². The van der Waals surface area contributed by atoms with E-state index in [4.69, 9.17) is 17.3 Å². The first kappa shape index (κ1) is 12.1. The molecule has 5 heteroatoms. The molecule has 1 aromatic carbocycles. The quantitative estimate of drug-likeness (QED) is 0.865. The SMILES string of the molecule is NC(=O)c1ccc(-c2ccccc2Br)nc1Cl. The molecule has 0 bridgehead atoms. The Morgan fingerprint density at radius 2 is 1.94 bits per heavy atom. The predicted molar refractivity (Wildman–Crippen MR) is 70.9 cm³/mol. The van der Waals surface area contributed by atoms with Gasteiger partial charge in [-0.05, 0) is 18.2 Å². The Bertz CT molecular complexity index is 586. The van der Waals surface area contributed by atoms with E-state index in [1.54, 1.807) is 12.1 Å². The van der Waals surface area contributed by atoms with Crippen LogP contribution in [0.5, 0.6) is 0 Å². The van der Waals surface area contributed by atoms with E-state index in [2.05, 4.69) is 20.9 Å². The third kappa shape index (κ3) is 2.48. The number of nitrogens with zero attached hydrogens (tertiary/aromatic N) is 1. The average Bonchev–Trinajstić information content (AvgIpc) is 2.29. The van der Waals surface area contributed by atoms with Gasteiger partial charge >= 0.3 is 0 Å². The van der Waals surface area contributed by atoms with Gasteiger partial charge in [-0.2, -0.15) is 0 Å². The van der Waals surface area contributed by atoms with Crippen molar-refractivity contribution in [3.8, 4) is 11.3 Å². The normalized spacial score (nSPS) is 10.2. The van der Waals surface area contributed by atoms with Gasteiger partial charge in [-0.1, -0.05) is 45.7 Å². The molecular weight excluding hydrogens is 304 g/mol. The van der Waals surface area contributed by atoms with Crippen LogP contribution in [0.15, 0.2) is 40.9 Å². The molecular formula is C12H8BrClN2O. The standard InChI is InChI=1S/C12H8BrClN2O/c13-9-4-2-1-3-7(9)10-6-5-8(12(15)17)11(14)16-10/h1-6H,(H2,15,17). The van der Waals surface area contributed by atoms with E-state index in [1.807, 2.05) is 24.3 Å². The molecule has 1 heterocycles. The maximum atomic E-state index is 11.0. The molecule has 0 fully saturated rings. The Labute approximate surface area is 112 Å². The van der Waals surface area contributed by atoms with E-state index in [9.17, 15) is 4.79 Å². The smallest absolute Gasteiger partial charge is 0.251 e. The van der Waals surface area contributed by atoms with Gasteiger partial charge in [0.2, 0.25) is 0 Å². The van der Waals surface area contributed by atoms with Crippen LogP contribution >= 0.6 is 27.5 Å². The van der Waals surface area contributed by atoms with Crippen molar-refractivity contribution in [3.63, 3.8) is 0 Å². The van der Waals surface area contributed by atoms with Crippen LogP contribution in [0.2, 0.25) is 5.15 Å². The number of pyridine rings is 1. The lowest BCUT2D eigenvalue weighted by Crippen LogP contribution is -2.12. The number of hydrogen-bond donors (Lipinski definition) is 1. The lowest BCUT2D eigenvalue weighted by molar-refractivity contribution is 0.1000. The lowest BCUT2D eigenvalue weighted by Gasteiger charge is -2.05. The first-order chi connectivity index (χ1) is 8.09. The monoisotopic (exact) mass is 310 g/mol. The zero-order valence-corrected chi connectivity index (χ0v) is 11.0. The lowest BCUT2D eigenvalue weighted by atomic mass is 10.1. The van der Waals surface area contributed by atoms with Crippen LogP contribution in [0.25, 0.3) is 11.3 Å². The second-order valence-corrected chi connectivity index (χ2v) is 4.59. The van der Waals surface area contributed by atoms with Crippen molar-refractivity contribution in [3.05, 3.63) is 51.6 Å². The van der Waals surface area contributed by atoms with Crippen LogP contribution in [0.3, 0.4) is 0 Å². The van der Waals surface area contributed by atoms with Gasteiger partial charge in [0.05, 0.1) is 11.3 Å². The second-order valence-electron chi connectivity index (χ2n) is 3.38. The second kappa shape index (κ2) is 4.85. The molecule has 0 aliphatic heterocycles. The van der Waals surface area contributed by atoms with E-state index in [1.165, 1.54) is 0 Å². The van der Waals surface area contributed by atoms with Crippen LogP contribution in [-0.4, -0.2) is 10.9 Å². The third-order valence-electron chi connectivity index (χ3n) is 2.26. The minimum Gasteiger partial charge on any atom is -0.366 e. The van der Waals surface area contributed by atoms with Crippen LogP contribution in [0.4, 0.5) is 0 Å². The summed E-state index contributed by atoms with van der Waals surface area (Å²) in [7, 11) is 0. The van der Waals surface area contributed by atoms with Crippen molar-refractivity contribution in [2.24, 2.45) is 5.73 Å². The minimum absolute atomic E-state index is 0.116. The van der Waals surface area contributed by atoms with Crippen molar-refractivity contribution in [1.29, 1.82) is 0 Å². The van der Waals surface area contributed by atoms with Gasteiger partial charge in [-0.25, -0.2) is 4.98 Å². The molecule has 3 nitrogen and oxygen atoms in total. The van der Waals surface area contributed by atoms with Crippen molar-refractivity contribution in [1.82, 2.24) is 4.98 Å². The molecule has 17 heavy (non-hydrogen) atoms. The highest BCUT2D eigenvalue weighted by Gasteiger charge is 2.10. The summed E-state index contributed by atoms with van der Waals surface area (Å²) >= 11 is 9.33. The molecule has 1 amide bonds. The van der Waals surface area contributed by atoms with Crippen LogP contribution in [0.1, 0.15) is 10.4 Å². The van der Waals surface area contributed by atoms with Gasteiger partial charge in [0.25, 0.3) is 5.91 Å². The summed E-state index contributed by atoms with van der Waals surface area (Å²) in [6.07, 6.45) is 0. The highest BCUT2D eigenvalue weighted by Crippen LogP contribution is 2.28. The zero-order chi connectivity index (χ0) is 12.4. The van der Waals surface area contributed by atoms with Gasteiger partial charge in [0.1, 0.15) is 5.15 Å². The Morgan fingerprint density at radius 1 is 1.24 bits per heavy atom. The molecule has 0 atom stereocenters. The number of halogens is 2. The number of carbonyl (C=O) groups excluding carboxylic acids is 1. The zero-order valence-electron chi connectivity index (χ0n) is 8.65. The van der Waals surface area contributed by atoms with Crippen molar-refractivity contribution >= 4 is 33.4 Å². The summed E-state index contributed by atoms with van der Waals surface area (Å²) < 4.78 is 0.912. The Morgan fingerprint density at radius 3 is 2.53 bits per heavy atom. The van der Waals surface area contributed by atoms with Crippen LogP contribution in [0, 0.1) is 0 Å². The Balaban J connectivity index is 2.52. The molecule has 0 saturated carbocycles. The maximum Gasteiger partial charge on any atom is 0.251 e. The largest absolute Gasteiger partial charge is 0.366 e. The summed E-state index contributed by atoms with van der Waals surface area (Å²) in [4.78, 5) is 15.2. The minimum atomic E-state index is -0.582. The van der Waals surface area contributed by atoms with E-state index in [0.717, 1.165) is 10.0 Å². The predicted octanol–water partition coefficient (Wildman–Crippen LogP) is 3.26. The fourth-order valence-electron chi connectivity index (χ4n) is 1.44. The highest BCUT2D eigenvalue weighted by molar-refractivity contribution is 9.10. The molecule has 0 unspecified atom stereocenters. The van der Waals surface area contributed by atoms with Gasteiger partial charge in [0, 0.05) is 10.0 Å². The molecule has 2 N–H and O–H groups in total. The topological polar surface area (TPSA) is 56.0 Å². The number of benzene rings is 1. The number of nitrogens with two attached hydrogens (primary N) is 1. The third-order valence-corrected chi connectivity index (χ3v) is 3.24. The Hall–Kier alpha value is -1.39. The molecule has 0 saturated heterocycles. The summed E-state index contributed by atoms with van der Waals surface area (Å²) in [5.41, 5.74) is 6.98. The van der Waals surface area contributed by atoms with Crippen LogP contribution < -0.4 is 5.73 Å². The van der Waals surface area contributed by atoms with Crippen LogP contribution in [-0.2, 0) is 0 Å². The number of aromatic nitrogens is 1. The number of primary amides is 1. The van der Waals surface area contributed by atoms with E-state index in [-0.39, 0.29) is 10.7 Å². The molecule has 1 aromatic heterocycles. The average molecular weight is 312 g/mol. The van der Waals surface area contributed by atoms with E-state index < -0.39 is 5.91 Å². The number of hydrogen-bond acceptors (Lipinski definition) is 2. The van der Waals surface area contributed by atoms with E-state index >= 15 is 0 Å². The van der Waals surface area contributed by atoms with Crippen molar-refractivity contribution < 1.29 is 4.79 Å². The highest BCUT2D eigenvalue weighted by atomic mass is 79.9. The Kier molecular flexibility index (Phi) is 3.45. The number of carbonyl (C=O) groups is 1. The number of rotatable bonds is 2. The van der Waals surface area contributed by atoms with Crippen molar-refractivity contribution in [2.75, 3.05) is 0 Å².